The van der Waals surface area contributed by atoms with Crippen molar-refractivity contribution in [2.24, 2.45) is 11.3 Å². The molecule has 270 valence electrons. The molecule has 1 fully saturated rings. The van der Waals surface area contributed by atoms with Crippen LogP contribution in [0, 0.1) is 57.8 Å². The first-order valence-corrected chi connectivity index (χ1v) is 17.4. The maximum absolute atomic E-state index is 8.79. The Labute approximate surface area is 344 Å². The third-order valence-corrected chi connectivity index (χ3v) is 10.3. The maximum Gasteiger partial charge on any atom is 2.00 e. The molecule has 1 aliphatic rings. The summed E-state index contributed by atoms with van der Waals surface area (Å²) in [6.45, 7) is -2.01. The van der Waals surface area contributed by atoms with E-state index in [-0.39, 0.29) is 77.7 Å². The molecule has 4 heterocycles. The van der Waals surface area contributed by atoms with E-state index in [1.165, 1.54) is 12.1 Å². The van der Waals surface area contributed by atoms with Crippen molar-refractivity contribution < 1.29 is 46.7 Å². The van der Waals surface area contributed by atoms with Crippen molar-refractivity contribution in [2.45, 2.75) is 80.3 Å². The van der Waals surface area contributed by atoms with Gasteiger partial charge in [-0.1, -0.05) is 116 Å². The van der Waals surface area contributed by atoms with Gasteiger partial charge in [-0.25, -0.2) is 4.98 Å². The molecule has 0 amide bonds. The smallest absolute Gasteiger partial charge is 0.496 e. The largest absolute Gasteiger partial charge is 2.00 e. The van der Waals surface area contributed by atoms with E-state index >= 15 is 0 Å². The van der Waals surface area contributed by atoms with Gasteiger partial charge in [-0.05, 0) is 110 Å². The monoisotopic (exact) mass is 890 g/mol. The van der Waals surface area contributed by atoms with Crippen LogP contribution in [-0.2, 0) is 21.1 Å². The van der Waals surface area contributed by atoms with E-state index < -0.39 is 38.5 Å². The molecule has 0 aliphatic heterocycles. The molecule has 1 aliphatic carbocycles. The van der Waals surface area contributed by atoms with E-state index in [0.717, 1.165) is 42.7 Å². The summed E-state index contributed by atoms with van der Waals surface area (Å²) in [5, 5.41) is 0.937. The summed E-state index contributed by atoms with van der Waals surface area (Å²) < 4.78 is 112. The number of fused-ring (bicyclic) bond motifs is 3. The number of rotatable bonds is 6. The molecule has 0 N–H and O–H groups in total. The van der Waals surface area contributed by atoms with E-state index in [0.29, 0.717) is 39.1 Å². The van der Waals surface area contributed by atoms with Crippen LogP contribution in [0.1, 0.15) is 95.9 Å². The van der Waals surface area contributed by atoms with Crippen LogP contribution in [0.25, 0.3) is 55.7 Å². The molecule has 0 radical (unpaired) electrons. The number of pyridine rings is 3. The predicted molar refractivity (Wildman–Crippen MR) is 211 cm³/mol. The zero-order valence-corrected chi connectivity index (χ0v) is 32.0. The molecule has 1 saturated carbocycles. The van der Waals surface area contributed by atoms with Gasteiger partial charge in [0.1, 0.15) is 0 Å². The molecule has 53 heavy (non-hydrogen) atoms. The van der Waals surface area contributed by atoms with E-state index in [1.807, 2.05) is 19.2 Å². The normalized spacial score (nSPS) is 21.1. The average Bonchev–Trinajstić information content (AvgIpc) is 3.57. The van der Waals surface area contributed by atoms with Gasteiger partial charge < -0.3 is 19.1 Å². The number of aromatic nitrogens is 3. The number of benzene rings is 3. The van der Waals surface area contributed by atoms with Crippen LogP contribution in [0.5, 0.6) is 11.5 Å². The van der Waals surface area contributed by atoms with Gasteiger partial charge >= 0.3 is 21.1 Å². The van der Waals surface area contributed by atoms with Gasteiger partial charge in [-0.3, -0.25) is 0 Å². The molecule has 0 bridgehead atoms. The molecule has 8 rings (SSSR count). The molecule has 3 aromatic carbocycles. The third-order valence-electron chi connectivity index (χ3n) is 10.3. The predicted octanol–water partition coefficient (Wildman–Crippen LogP) is 12.6. The molecule has 4 aromatic heterocycles. The van der Waals surface area contributed by atoms with E-state index in [1.54, 1.807) is 42.5 Å². The molecule has 2 unspecified atom stereocenters. The Morgan fingerprint density at radius 2 is 1.68 bits per heavy atom. The summed E-state index contributed by atoms with van der Waals surface area (Å²) in [6.07, 6.45) is 5.91. The van der Waals surface area contributed by atoms with Crippen LogP contribution in [0.3, 0.4) is 0 Å². The van der Waals surface area contributed by atoms with Crippen LogP contribution >= 0.6 is 0 Å². The van der Waals surface area contributed by atoms with Gasteiger partial charge in [-0.15, -0.1) is 11.6 Å². The number of furan rings is 1. The van der Waals surface area contributed by atoms with Crippen LogP contribution < -0.4 is 4.74 Å². The first-order valence-electron chi connectivity index (χ1n) is 23.4. The average molecular weight is 891 g/mol. The molecule has 6 heteroatoms. The number of ether oxygens (including phenoxy) is 1. The van der Waals surface area contributed by atoms with Crippen molar-refractivity contribution in [3.63, 3.8) is 0 Å². The fourth-order valence-electron chi connectivity index (χ4n) is 7.73. The zero-order valence-electron chi connectivity index (χ0n) is 41.8. The summed E-state index contributed by atoms with van der Waals surface area (Å²) in [4.78, 5) is 13.6. The third kappa shape index (κ3) is 7.09. The van der Waals surface area contributed by atoms with Crippen LogP contribution in [-0.4, -0.2) is 15.0 Å². The molecule has 7 aromatic rings. The van der Waals surface area contributed by atoms with E-state index in [4.69, 9.17) is 30.6 Å². The summed E-state index contributed by atoms with van der Waals surface area (Å²) in [5.74, 6) is 0.434. The Balaban J connectivity index is 0.00000630. The van der Waals surface area contributed by atoms with Crippen molar-refractivity contribution in [1.29, 1.82) is 0 Å². The molecule has 2 atom stereocenters. The summed E-state index contributed by atoms with van der Waals surface area (Å²) >= 11 is 0. The minimum absolute atomic E-state index is 0. The Kier molecular flexibility index (Phi) is 6.67. The Hall–Kier alpha value is -4.60. The second kappa shape index (κ2) is 14.3. The van der Waals surface area contributed by atoms with Gasteiger partial charge in [0, 0.05) is 51.4 Å². The molecular formula is C47H45N3O2Pt. The van der Waals surface area contributed by atoms with E-state index in [9.17, 15) is 0 Å². The number of aryl methyl sites for hydroxylation is 4. The van der Waals surface area contributed by atoms with Gasteiger partial charge in [0.25, 0.3) is 0 Å². The van der Waals surface area contributed by atoms with Crippen molar-refractivity contribution in [1.82, 2.24) is 15.0 Å². The second-order valence-electron chi connectivity index (χ2n) is 14.7. The topological polar surface area (TPSA) is 61.0 Å². The first-order chi connectivity index (χ1) is 29.8. The van der Waals surface area contributed by atoms with Crippen LogP contribution in [0.2, 0.25) is 0 Å². The quantitative estimate of drug-likeness (QED) is 0.156. The SMILES string of the molecule is [2H]C([2H])([2H])c1ccc2c(n1)oc1c(-c3cc(C4CCC(C)(C)CC4C)c(C)cn3)[c-]c(Oc3[c-]c(-c4cc(C([2H])([2H])[2H])c(C([2H])([2H])[2H])cn4)cc(-c4ccccc4)c3C([2H])([2H])[2H])cc12.[Pt+2]. The molecule has 0 saturated heterocycles. The fourth-order valence-corrected chi connectivity index (χ4v) is 7.73. The number of hydrogen-bond donors (Lipinski definition) is 0. The van der Waals surface area contributed by atoms with Crippen molar-refractivity contribution in [2.75, 3.05) is 0 Å². The minimum atomic E-state index is -2.83. The zero-order chi connectivity index (χ0) is 46.3. The Morgan fingerprint density at radius 3 is 2.45 bits per heavy atom. The number of hydrogen-bond acceptors (Lipinski definition) is 5. The fraction of sp³-hybridized carbons (Fsp3) is 0.298. The summed E-state index contributed by atoms with van der Waals surface area (Å²) in [6, 6.07) is 24.4. The molecular weight excluding hydrogens is 834 g/mol. The van der Waals surface area contributed by atoms with E-state index in [2.05, 4.69) is 42.9 Å². The maximum atomic E-state index is 8.79. The first kappa shape index (κ1) is 24.7. The standard InChI is InChI=1S/C47H45N3O2.Pt/c1-27-18-42(48-25-29(27)3)34-19-39(33-12-10-9-11-13-33)32(6)44(20-34)51-35-21-40-37-15-14-31(5)50-46(37)52-45(40)41(22-35)43-23-38(30(4)26-49-43)36-16-17-47(7,8)24-28(36)2;/h9-15,18-19,21,23,25-26,28,36H,16-17,24H2,1-8H3;/q-2;+2/i1D3,3D3,5D3,6D3;. The van der Waals surface area contributed by atoms with Gasteiger partial charge in [0.2, 0.25) is 5.71 Å². The Bertz CT molecular complexity index is 2920. The van der Waals surface area contributed by atoms with Crippen LogP contribution in [0.15, 0.2) is 83.5 Å². The summed E-state index contributed by atoms with van der Waals surface area (Å²) in [7, 11) is 0. The molecule has 5 nitrogen and oxygen atoms in total. The van der Waals surface area contributed by atoms with Gasteiger partial charge in [0.05, 0.1) is 5.58 Å². The minimum Gasteiger partial charge on any atom is -0.496 e. The van der Waals surface area contributed by atoms with Crippen LogP contribution in [0.4, 0.5) is 0 Å². The van der Waals surface area contributed by atoms with Crippen molar-refractivity contribution in [3.05, 3.63) is 125 Å². The van der Waals surface area contributed by atoms with Gasteiger partial charge in [0.15, 0.2) is 0 Å². The Morgan fingerprint density at radius 1 is 0.868 bits per heavy atom. The summed E-state index contributed by atoms with van der Waals surface area (Å²) in [5.41, 5.74) is 3.25. The number of nitrogens with zero attached hydrogens (tertiary/aromatic N) is 3. The second-order valence-corrected chi connectivity index (χ2v) is 14.7. The molecule has 0 spiro atoms. The van der Waals surface area contributed by atoms with Crippen molar-refractivity contribution in [3.8, 4) is 45.1 Å². The van der Waals surface area contributed by atoms with Gasteiger partial charge in [-0.2, -0.15) is 0 Å². The van der Waals surface area contributed by atoms with Crippen molar-refractivity contribution >= 4 is 22.1 Å².